The molecule has 1 aliphatic rings. The number of thiazole rings is 1. The fourth-order valence-corrected chi connectivity index (χ4v) is 3.45. The summed E-state index contributed by atoms with van der Waals surface area (Å²) in [5.41, 5.74) is 8.47. The number of aryl methyl sites for hydroxylation is 2. The molecule has 0 spiro atoms. The number of aromatic nitrogens is 1. The number of nitrogens with two attached hydrogens (primary N) is 1. The SMILES string of the molecule is NCCc1ccc(C(=O)Nc2nc3c(s2)CCC3)cc1. The molecule has 3 rings (SSSR count). The molecule has 0 saturated heterocycles. The van der Waals surface area contributed by atoms with Crippen LogP contribution in [0.1, 0.15) is 32.9 Å². The predicted molar refractivity (Wildman–Crippen MR) is 81.3 cm³/mol. The average Bonchev–Trinajstić information content (AvgIpc) is 3.01. The number of carbonyl (C=O) groups is 1. The maximum absolute atomic E-state index is 12.1. The van der Waals surface area contributed by atoms with Gasteiger partial charge < -0.3 is 5.73 Å². The van der Waals surface area contributed by atoms with Crippen molar-refractivity contribution in [3.8, 4) is 0 Å². The number of hydrogen-bond donors (Lipinski definition) is 2. The highest BCUT2D eigenvalue weighted by molar-refractivity contribution is 7.15. The van der Waals surface area contributed by atoms with E-state index in [0.717, 1.165) is 30.5 Å². The lowest BCUT2D eigenvalue weighted by molar-refractivity contribution is 0.102. The van der Waals surface area contributed by atoms with E-state index in [9.17, 15) is 4.79 Å². The minimum Gasteiger partial charge on any atom is -0.330 e. The molecule has 0 unspecified atom stereocenters. The van der Waals surface area contributed by atoms with Gasteiger partial charge in [0, 0.05) is 10.4 Å². The second kappa shape index (κ2) is 5.73. The van der Waals surface area contributed by atoms with Gasteiger partial charge >= 0.3 is 0 Å². The number of anilines is 1. The zero-order chi connectivity index (χ0) is 13.9. The zero-order valence-electron chi connectivity index (χ0n) is 11.2. The Kier molecular flexibility index (Phi) is 3.80. The number of hydrogen-bond acceptors (Lipinski definition) is 4. The average molecular weight is 287 g/mol. The van der Waals surface area contributed by atoms with E-state index in [1.807, 2.05) is 24.3 Å². The van der Waals surface area contributed by atoms with Crippen LogP contribution in [0, 0.1) is 0 Å². The van der Waals surface area contributed by atoms with Gasteiger partial charge in [-0.2, -0.15) is 0 Å². The number of rotatable bonds is 4. The topological polar surface area (TPSA) is 68.0 Å². The summed E-state index contributed by atoms with van der Waals surface area (Å²) in [6, 6.07) is 7.57. The van der Waals surface area contributed by atoms with Gasteiger partial charge in [-0.1, -0.05) is 12.1 Å². The molecular weight excluding hydrogens is 270 g/mol. The van der Waals surface area contributed by atoms with Gasteiger partial charge in [-0.15, -0.1) is 11.3 Å². The van der Waals surface area contributed by atoms with Crippen LogP contribution in [0.15, 0.2) is 24.3 Å². The number of nitrogens with one attached hydrogen (secondary N) is 1. The standard InChI is InChI=1S/C15H17N3OS/c16-9-8-10-4-6-11(7-5-10)14(19)18-15-17-12-2-1-3-13(12)20-15/h4-7H,1-3,8-9,16H2,(H,17,18,19). The number of benzene rings is 1. The van der Waals surface area contributed by atoms with Crippen LogP contribution in [0.5, 0.6) is 0 Å². The normalized spacial score (nSPS) is 13.2. The van der Waals surface area contributed by atoms with Gasteiger partial charge in [0.05, 0.1) is 5.69 Å². The molecule has 104 valence electrons. The molecule has 1 aromatic carbocycles. The molecule has 0 bridgehead atoms. The van der Waals surface area contributed by atoms with Gasteiger partial charge in [-0.3, -0.25) is 10.1 Å². The van der Waals surface area contributed by atoms with Crippen LogP contribution >= 0.6 is 11.3 Å². The zero-order valence-corrected chi connectivity index (χ0v) is 12.0. The smallest absolute Gasteiger partial charge is 0.257 e. The molecule has 0 aliphatic heterocycles. The largest absolute Gasteiger partial charge is 0.330 e. The molecule has 1 aromatic heterocycles. The highest BCUT2D eigenvalue weighted by Crippen LogP contribution is 2.30. The summed E-state index contributed by atoms with van der Waals surface area (Å²) >= 11 is 1.60. The third-order valence-corrected chi connectivity index (χ3v) is 4.54. The Morgan fingerprint density at radius 1 is 1.30 bits per heavy atom. The molecule has 0 radical (unpaired) electrons. The van der Waals surface area contributed by atoms with Crippen LogP contribution in [0.3, 0.4) is 0 Å². The van der Waals surface area contributed by atoms with E-state index in [-0.39, 0.29) is 5.91 Å². The molecule has 1 heterocycles. The third kappa shape index (κ3) is 2.73. The van der Waals surface area contributed by atoms with E-state index in [1.54, 1.807) is 11.3 Å². The molecule has 0 atom stereocenters. The van der Waals surface area contributed by atoms with Crippen LogP contribution in [-0.4, -0.2) is 17.4 Å². The molecular formula is C15H17N3OS. The van der Waals surface area contributed by atoms with E-state index in [2.05, 4.69) is 10.3 Å². The summed E-state index contributed by atoms with van der Waals surface area (Å²) in [5.74, 6) is -0.100. The Labute approximate surface area is 122 Å². The Balaban J connectivity index is 1.68. The van der Waals surface area contributed by atoms with Crippen molar-refractivity contribution in [3.05, 3.63) is 46.0 Å². The van der Waals surface area contributed by atoms with Crippen LogP contribution in [0.2, 0.25) is 0 Å². The van der Waals surface area contributed by atoms with Crippen molar-refractivity contribution in [2.45, 2.75) is 25.7 Å². The summed E-state index contributed by atoms with van der Waals surface area (Å²) in [6.07, 6.45) is 4.15. The molecule has 0 fully saturated rings. The Bertz CT molecular complexity index is 597. The summed E-state index contributed by atoms with van der Waals surface area (Å²) < 4.78 is 0. The van der Waals surface area contributed by atoms with Crippen molar-refractivity contribution in [2.24, 2.45) is 5.73 Å². The van der Waals surface area contributed by atoms with Crippen LogP contribution < -0.4 is 11.1 Å². The lowest BCUT2D eigenvalue weighted by Crippen LogP contribution is -2.12. The van der Waals surface area contributed by atoms with Crippen molar-refractivity contribution in [2.75, 3.05) is 11.9 Å². The van der Waals surface area contributed by atoms with Crippen LogP contribution in [0.4, 0.5) is 5.13 Å². The van der Waals surface area contributed by atoms with Gasteiger partial charge in [0.25, 0.3) is 5.91 Å². The minimum atomic E-state index is -0.100. The van der Waals surface area contributed by atoms with Crippen LogP contribution in [0.25, 0.3) is 0 Å². The Hall–Kier alpha value is -1.72. The highest BCUT2D eigenvalue weighted by atomic mass is 32.1. The van der Waals surface area contributed by atoms with Crippen molar-refractivity contribution < 1.29 is 4.79 Å². The monoisotopic (exact) mass is 287 g/mol. The first kappa shape index (κ1) is 13.3. The fourth-order valence-electron chi connectivity index (χ4n) is 2.40. The molecule has 1 aliphatic carbocycles. The van der Waals surface area contributed by atoms with Gasteiger partial charge in [0.1, 0.15) is 0 Å². The van der Waals surface area contributed by atoms with Crippen LogP contribution in [-0.2, 0) is 19.3 Å². The molecule has 0 saturated carbocycles. The quantitative estimate of drug-likeness (QED) is 0.907. The molecule has 2 aromatic rings. The van der Waals surface area contributed by atoms with Gasteiger partial charge in [-0.25, -0.2) is 4.98 Å². The van der Waals surface area contributed by atoms with Crippen molar-refractivity contribution >= 4 is 22.4 Å². The fraction of sp³-hybridized carbons (Fsp3) is 0.333. The lowest BCUT2D eigenvalue weighted by Gasteiger charge is -2.03. The first-order valence-corrected chi connectivity index (χ1v) is 7.67. The van der Waals surface area contributed by atoms with E-state index >= 15 is 0 Å². The van der Waals surface area contributed by atoms with E-state index < -0.39 is 0 Å². The second-order valence-corrected chi connectivity index (χ2v) is 6.02. The summed E-state index contributed by atoms with van der Waals surface area (Å²) in [7, 11) is 0. The maximum atomic E-state index is 12.1. The molecule has 3 N–H and O–H groups in total. The first-order valence-electron chi connectivity index (χ1n) is 6.85. The number of carbonyl (C=O) groups excluding carboxylic acids is 1. The molecule has 1 amide bonds. The summed E-state index contributed by atoms with van der Waals surface area (Å²) in [5, 5.41) is 3.60. The number of fused-ring (bicyclic) bond motifs is 1. The summed E-state index contributed by atoms with van der Waals surface area (Å²) in [6.45, 7) is 0.621. The van der Waals surface area contributed by atoms with E-state index in [4.69, 9.17) is 5.73 Å². The molecule has 4 nitrogen and oxygen atoms in total. The van der Waals surface area contributed by atoms with E-state index in [1.165, 1.54) is 11.3 Å². The predicted octanol–water partition coefficient (Wildman–Crippen LogP) is 2.39. The van der Waals surface area contributed by atoms with Gasteiger partial charge in [-0.05, 0) is 49.9 Å². The lowest BCUT2D eigenvalue weighted by atomic mass is 10.1. The minimum absolute atomic E-state index is 0.100. The third-order valence-electron chi connectivity index (χ3n) is 3.47. The highest BCUT2D eigenvalue weighted by Gasteiger charge is 2.18. The molecule has 5 heteroatoms. The first-order chi connectivity index (χ1) is 9.76. The number of nitrogens with zero attached hydrogens (tertiary/aromatic N) is 1. The molecule has 20 heavy (non-hydrogen) atoms. The van der Waals surface area contributed by atoms with Gasteiger partial charge in [0.2, 0.25) is 0 Å². The van der Waals surface area contributed by atoms with Crippen molar-refractivity contribution in [1.29, 1.82) is 0 Å². The van der Waals surface area contributed by atoms with E-state index in [0.29, 0.717) is 17.2 Å². The Morgan fingerprint density at radius 3 is 2.80 bits per heavy atom. The van der Waals surface area contributed by atoms with Gasteiger partial charge in [0.15, 0.2) is 5.13 Å². The Morgan fingerprint density at radius 2 is 2.10 bits per heavy atom. The van der Waals surface area contributed by atoms with Crippen molar-refractivity contribution in [1.82, 2.24) is 4.98 Å². The second-order valence-electron chi connectivity index (χ2n) is 4.93. The van der Waals surface area contributed by atoms with Crippen molar-refractivity contribution in [3.63, 3.8) is 0 Å². The maximum Gasteiger partial charge on any atom is 0.257 e. The number of amides is 1. The summed E-state index contributed by atoms with van der Waals surface area (Å²) in [4.78, 5) is 17.9.